The minimum atomic E-state index is -4.56. The zero-order valence-corrected chi connectivity index (χ0v) is 10.8. The van der Waals surface area contributed by atoms with Crippen LogP contribution >= 0.6 is 15.9 Å². The van der Waals surface area contributed by atoms with Crippen LogP contribution in [0.4, 0.5) is 13.2 Å². The molecule has 17 heavy (non-hydrogen) atoms. The van der Waals surface area contributed by atoms with Gasteiger partial charge in [-0.15, -0.1) is 13.2 Å². The van der Waals surface area contributed by atoms with E-state index in [1.165, 1.54) is 0 Å². The molecule has 0 heterocycles. The van der Waals surface area contributed by atoms with Crippen LogP contribution in [0.25, 0.3) is 0 Å². The van der Waals surface area contributed by atoms with Crippen LogP contribution in [-0.4, -0.2) is 19.0 Å². The Morgan fingerprint density at radius 1 is 1.29 bits per heavy atom. The molecule has 96 valence electrons. The van der Waals surface area contributed by atoms with Crippen molar-refractivity contribution < 1.29 is 17.9 Å². The number of hydrogen-bond acceptors (Lipinski definition) is 2. The Morgan fingerprint density at radius 3 is 2.41 bits per heavy atom. The Morgan fingerprint density at radius 2 is 1.88 bits per heavy atom. The lowest BCUT2D eigenvalue weighted by atomic mass is 10.2. The van der Waals surface area contributed by atoms with Crippen LogP contribution in [0.3, 0.4) is 0 Å². The summed E-state index contributed by atoms with van der Waals surface area (Å²) in [5, 5.41) is 2.95. The molecule has 0 aromatic heterocycles. The molecule has 0 aliphatic carbocycles. The summed E-state index contributed by atoms with van der Waals surface area (Å²) in [6, 6.07) is 7.20. The topological polar surface area (TPSA) is 21.3 Å². The Hall–Kier alpha value is -0.590. The third-order valence-corrected chi connectivity index (χ3v) is 2.59. The van der Waals surface area contributed by atoms with Crippen LogP contribution in [0.15, 0.2) is 28.7 Å². The lowest BCUT2D eigenvalue weighted by Gasteiger charge is -2.15. The maximum Gasteiger partial charge on any atom is 0.522 e. The maximum atomic E-state index is 11.8. The summed E-state index contributed by atoms with van der Waals surface area (Å²) in [6.07, 6.45) is -4.56. The van der Waals surface area contributed by atoms with Crippen molar-refractivity contribution in [3.05, 3.63) is 34.3 Å². The Bertz CT molecular complexity index is 340. The summed E-state index contributed by atoms with van der Waals surface area (Å²) in [5.74, 6) is 0. The molecule has 1 aromatic carbocycles. The number of hydrogen-bond donors (Lipinski definition) is 1. The van der Waals surface area contributed by atoms with Gasteiger partial charge in [0.15, 0.2) is 0 Å². The van der Waals surface area contributed by atoms with Gasteiger partial charge in [0.2, 0.25) is 0 Å². The molecular formula is C11H13BrF3NO. The number of rotatable bonds is 5. The van der Waals surface area contributed by atoms with Gasteiger partial charge < -0.3 is 5.32 Å². The number of ether oxygens (including phenoxy) is 1. The minimum Gasteiger partial charge on any atom is -0.308 e. The third kappa shape index (κ3) is 6.65. The van der Waals surface area contributed by atoms with Gasteiger partial charge in [0.1, 0.15) is 0 Å². The first-order valence-corrected chi connectivity index (χ1v) is 5.84. The van der Waals surface area contributed by atoms with E-state index < -0.39 is 6.36 Å². The van der Waals surface area contributed by atoms with E-state index in [1.807, 2.05) is 24.3 Å². The first-order chi connectivity index (χ1) is 7.87. The number of benzene rings is 1. The van der Waals surface area contributed by atoms with Gasteiger partial charge in [0.05, 0.1) is 6.61 Å². The highest BCUT2D eigenvalue weighted by Crippen LogP contribution is 2.16. The number of halogens is 4. The van der Waals surface area contributed by atoms with Crippen LogP contribution in [0.5, 0.6) is 0 Å². The SMILES string of the molecule is CC(COC(F)(F)F)NCc1ccc(Br)cc1. The largest absolute Gasteiger partial charge is 0.522 e. The molecule has 0 spiro atoms. The van der Waals surface area contributed by atoms with E-state index in [2.05, 4.69) is 26.0 Å². The molecule has 1 N–H and O–H groups in total. The quantitative estimate of drug-likeness (QED) is 0.899. The van der Waals surface area contributed by atoms with Crippen molar-refractivity contribution in [3.63, 3.8) is 0 Å². The second-order valence-corrected chi connectivity index (χ2v) is 4.58. The van der Waals surface area contributed by atoms with Crippen molar-refractivity contribution in [2.45, 2.75) is 25.9 Å². The van der Waals surface area contributed by atoms with Crippen LogP contribution in [0.2, 0.25) is 0 Å². The molecule has 0 fully saturated rings. The zero-order valence-electron chi connectivity index (χ0n) is 9.22. The van der Waals surface area contributed by atoms with Crippen LogP contribution in [0, 0.1) is 0 Å². The molecule has 1 aromatic rings. The molecule has 1 rings (SSSR count). The van der Waals surface area contributed by atoms with Gasteiger partial charge in [-0.3, -0.25) is 4.74 Å². The molecule has 0 amide bonds. The molecule has 0 saturated heterocycles. The molecule has 1 atom stereocenters. The lowest BCUT2D eigenvalue weighted by Crippen LogP contribution is -2.32. The van der Waals surface area contributed by atoms with Crippen molar-refractivity contribution in [2.24, 2.45) is 0 Å². The second kappa shape index (κ2) is 6.37. The van der Waals surface area contributed by atoms with Gasteiger partial charge in [-0.25, -0.2) is 0 Å². The first-order valence-electron chi connectivity index (χ1n) is 5.05. The molecule has 2 nitrogen and oxygen atoms in total. The molecule has 0 saturated carbocycles. The van der Waals surface area contributed by atoms with Crippen molar-refractivity contribution in [3.8, 4) is 0 Å². The summed E-state index contributed by atoms with van der Waals surface area (Å²) in [4.78, 5) is 0. The highest BCUT2D eigenvalue weighted by molar-refractivity contribution is 9.10. The fourth-order valence-corrected chi connectivity index (χ4v) is 1.44. The Kier molecular flexibility index (Phi) is 5.42. The average molecular weight is 312 g/mol. The zero-order chi connectivity index (χ0) is 12.9. The van der Waals surface area contributed by atoms with E-state index >= 15 is 0 Å². The number of alkyl halides is 3. The highest BCUT2D eigenvalue weighted by atomic mass is 79.9. The standard InChI is InChI=1S/C11H13BrF3NO/c1-8(7-17-11(13,14)15)16-6-9-2-4-10(12)5-3-9/h2-5,8,16H,6-7H2,1H3. The van der Waals surface area contributed by atoms with Crippen molar-refractivity contribution in [2.75, 3.05) is 6.61 Å². The fraction of sp³-hybridized carbons (Fsp3) is 0.455. The normalized spacial score (nSPS) is 13.7. The molecule has 0 bridgehead atoms. The third-order valence-electron chi connectivity index (χ3n) is 2.06. The Labute approximate surface area is 106 Å². The number of nitrogens with one attached hydrogen (secondary N) is 1. The predicted molar refractivity (Wildman–Crippen MR) is 62.5 cm³/mol. The molecule has 6 heteroatoms. The first kappa shape index (κ1) is 14.5. The predicted octanol–water partition coefficient (Wildman–Crippen LogP) is 3.46. The minimum absolute atomic E-state index is 0.361. The lowest BCUT2D eigenvalue weighted by molar-refractivity contribution is -0.326. The van der Waals surface area contributed by atoms with E-state index in [9.17, 15) is 13.2 Å². The molecule has 0 aliphatic rings. The van der Waals surface area contributed by atoms with Crippen molar-refractivity contribution in [1.29, 1.82) is 0 Å². The van der Waals surface area contributed by atoms with Gasteiger partial charge in [0.25, 0.3) is 0 Å². The van der Waals surface area contributed by atoms with Crippen molar-refractivity contribution in [1.82, 2.24) is 5.32 Å². The van der Waals surface area contributed by atoms with Gasteiger partial charge in [0, 0.05) is 17.1 Å². The average Bonchev–Trinajstić information content (AvgIpc) is 2.25. The van der Waals surface area contributed by atoms with E-state index in [0.29, 0.717) is 6.54 Å². The van der Waals surface area contributed by atoms with Crippen molar-refractivity contribution >= 4 is 15.9 Å². The molecule has 1 unspecified atom stereocenters. The van der Waals surface area contributed by atoms with Gasteiger partial charge >= 0.3 is 6.36 Å². The summed E-state index contributed by atoms with van der Waals surface area (Å²) >= 11 is 3.31. The van der Waals surface area contributed by atoms with E-state index in [0.717, 1.165) is 10.0 Å². The molecule has 0 radical (unpaired) electrons. The van der Waals surface area contributed by atoms with E-state index in [4.69, 9.17) is 0 Å². The second-order valence-electron chi connectivity index (χ2n) is 3.67. The monoisotopic (exact) mass is 311 g/mol. The van der Waals surface area contributed by atoms with Gasteiger partial charge in [-0.1, -0.05) is 28.1 Å². The van der Waals surface area contributed by atoms with Crippen LogP contribution in [-0.2, 0) is 11.3 Å². The summed E-state index contributed by atoms with van der Waals surface area (Å²) in [6.45, 7) is 1.76. The smallest absolute Gasteiger partial charge is 0.308 e. The van der Waals surface area contributed by atoms with E-state index in [-0.39, 0.29) is 12.6 Å². The summed E-state index contributed by atoms with van der Waals surface area (Å²) in [5.41, 5.74) is 1.01. The summed E-state index contributed by atoms with van der Waals surface area (Å²) < 4.78 is 40.0. The van der Waals surface area contributed by atoms with E-state index in [1.54, 1.807) is 6.92 Å². The fourth-order valence-electron chi connectivity index (χ4n) is 1.17. The van der Waals surface area contributed by atoms with Crippen LogP contribution < -0.4 is 5.32 Å². The van der Waals surface area contributed by atoms with Gasteiger partial charge in [-0.05, 0) is 24.6 Å². The Balaban J connectivity index is 2.28. The molecular weight excluding hydrogens is 299 g/mol. The van der Waals surface area contributed by atoms with Gasteiger partial charge in [-0.2, -0.15) is 0 Å². The highest BCUT2D eigenvalue weighted by Gasteiger charge is 2.29. The molecule has 0 aliphatic heterocycles. The van der Waals surface area contributed by atoms with Crippen LogP contribution in [0.1, 0.15) is 12.5 Å². The summed E-state index contributed by atoms with van der Waals surface area (Å²) in [7, 11) is 0. The maximum absolute atomic E-state index is 11.8.